The Hall–Kier alpha value is -3.55. The summed E-state index contributed by atoms with van der Waals surface area (Å²) in [7, 11) is 0. The van der Waals surface area contributed by atoms with Gasteiger partial charge in [-0.2, -0.15) is 5.10 Å². The van der Waals surface area contributed by atoms with Gasteiger partial charge in [0.25, 0.3) is 5.91 Å². The highest BCUT2D eigenvalue weighted by molar-refractivity contribution is 6.05. The van der Waals surface area contributed by atoms with Gasteiger partial charge in [0.2, 0.25) is 11.8 Å². The number of nitrogens with one attached hydrogen (secondary N) is 2. The number of likely N-dealkylation sites (tertiary alicyclic amines) is 1. The van der Waals surface area contributed by atoms with E-state index in [1.54, 1.807) is 11.0 Å². The molecular formula is C30H39FN4O3. The second-order valence-electron chi connectivity index (χ2n) is 9.76. The van der Waals surface area contributed by atoms with Gasteiger partial charge in [-0.05, 0) is 37.0 Å². The molecule has 7 nitrogen and oxygen atoms in total. The van der Waals surface area contributed by atoms with Crippen LogP contribution in [0.15, 0.2) is 59.7 Å². The zero-order valence-electron chi connectivity index (χ0n) is 22.3. The molecule has 0 bridgehead atoms. The smallest absolute Gasteiger partial charge is 0.254 e. The molecule has 0 saturated carbocycles. The number of hydrazone groups is 1. The van der Waals surface area contributed by atoms with Crippen molar-refractivity contribution in [1.29, 1.82) is 0 Å². The van der Waals surface area contributed by atoms with E-state index < -0.39 is 11.7 Å². The maximum atomic E-state index is 14.0. The monoisotopic (exact) mass is 522 g/mol. The molecule has 0 spiro atoms. The van der Waals surface area contributed by atoms with Crippen LogP contribution in [-0.2, 0) is 9.59 Å². The summed E-state index contributed by atoms with van der Waals surface area (Å²) in [6, 6.07) is 14.9. The van der Waals surface area contributed by atoms with Gasteiger partial charge in [0.05, 0.1) is 23.7 Å². The van der Waals surface area contributed by atoms with Gasteiger partial charge in [-0.1, -0.05) is 81.5 Å². The van der Waals surface area contributed by atoms with Crippen LogP contribution in [0, 0.1) is 11.7 Å². The van der Waals surface area contributed by atoms with Crippen molar-refractivity contribution >= 4 is 23.4 Å². The number of piperidine rings is 1. The molecule has 0 unspecified atom stereocenters. The van der Waals surface area contributed by atoms with Gasteiger partial charge in [0, 0.05) is 19.5 Å². The van der Waals surface area contributed by atoms with Crippen molar-refractivity contribution in [3.63, 3.8) is 0 Å². The number of carbonyl (C=O) groups is 3. The Kier molecular flexibility index (Phi) is 11.9. The van der Waals surface area contributed by atoms with Gasteiger partial charge in [0.1, 0.15) is 5.82 Å². The van der Waals surface area contributed by atoms with E-state index in [0.29, 0.717) is 31.6 Å². The summed E-state index contributed by atoms with van der Waals surface area (Å²) < 4.78 is 14.0. The third kappa shape index (κ3) is 9.08. The molecule has 8 heteroatoms. The summed E-state index contributed by atoms with van der Waals surface area (Å²) in [6.07, 6.45) is 8.76. The van der Waals surface area contributed by atoms with Crippen molar-refractivity contribution in [3.8, 4) is 0 Å². The normalized spacial score (nSPS) is 15.7. The predicted molar refractivity (Wildman–Crippen MR) is 147 cm³/mol. The van der Waals surface area contributed by atoms with Crippen LogP contribution in [0.4, 0.5) is 4.39 Å². The first-order valence-corrected chi connectivity index (χ1v) is 13.7. The summed E-state index contributed by atoms with van der Waals surface area (Å²) in [5, 5.41) is 7.00. The molecule has 204 valence electrons. The minimum atomic E-state index is -0.607. The Morgan fingerprint density at radius 2 is 1.68 bits per heavy atom. The van der Waals surface area contributed by atoms with E-state index in [4.69, 9.17) is 0 Å². The van der Waals surface area contributed by atoms with E-state index in [0.717, 1.165) is 31.2 Å². The molecule has 2 N–H and O–H groups in total. The lowest BCUT2D eigenvalue weighted by Gasteiger charge is -2.31. The van der Waals surface area contributed by atoms with Crippen molar-refractivity contribution in [2.45, 2.75) is 64.7 Å². The van der Waals surface area contributed by atoms with Gasteiger partial charge in [0.15, 0.2) is 0 Å². The molecule has 1 saturated heterocycles. The fourth-order valence-electron chi connectivity index (χ4n) is 4.59. The number of nitrogens with zero attached hydrogens (tertiary/aromatic N) is 2. The van der Waals surface area contributed by atoms with E-state index in [1.807, 2.05) is 30.3 Å². The third-order valence-corrected chi connectivity index (χ3v) is 6.83. The first kappa shape index (κ1) is 29.0. The fourth-order valence-corrected chi connectivity index (χ4v) is 4.59. The zero-order valence-corrected chi connectivity index (χ0v) is 22.3. The van der Waals surface area contributed by atoms with E-state index >= 15 is 0 Å². The lowest BCUT2D eigenvalue weighted by Crippen LogP contribution is -2.45. The van der Waals surface area contributed by atoms with Crippen LogP contribution in [-0.4, -0.2) is 48.0 Å². The Labute approximate surface area is 224 Å². The quantitative estimate of drug-likeness (QED) is 0.219. The van der Waals surface area contributed by atoms with Gasteiger partial charge in [-0.25, -0.2) is 9.82 Å². The van der Waals surface area contributed by atoms with Crippen molar-refractivity contribution in [3.05, 3.63) is 71.5 Å². The van der Waals surface area contributed by atoms with Crippen LogP contribution in [0.3, 0.4) is 0 Å². The number of amides is 3. The number of hydrogen-bond donors (Lipinski definition) is 2. The van der Waals surface area contributed by atoms with E-state index in [1.165, 1.54) is 37.5 Å². The number of halogens is 1. The Morgan fingerprint density at radius 3 is 2.45 bits per heavy atom. The molecule has 1 heterocycles. The molecule has 1 aliphatic rings. The van der Waals surface area contributed by atoms with Crippen LogP contribution in [0.5, 0.6) is 0 Å². The summed E-state index contributed by atoms with van der Waals surface area (Å²) >= 11 is 0. The molecule has 2 aromatic carbocycles. The van der Waals surface area contributed by atoms with Gasteiger partial charge < -0.3 is 10.2 Å². The maximum absolute atomic E-state index is 14.0. The van der Waals surface area contributed by atoms with Crippen LogP contribution in [0.1, 0.15) is 80.6 Å². The topological polar surface area (TPSA) is 90.9 Å². The van der Waals surface area contributed by atoms with Crippen molar-refractivity contribution < 1.29 is 18.8 Å². The minimum absolute atomic E-state index is 0.00495. The highest BCUT2D eigenvalue weighted by Crippen LogP contribution is 2.19. The lowest BCUT2D eigenvalue weighted by atomic mass is 9.97. The van der Waals surface area contributed by atoms with Gasteiger partial charge >= 0.3 is 0 Å². The summed E-state index contributed by atoms with van der Waals surface area (Å²) in [6.45, 7) is 3.26. The number of hydrogen-bond acceptors (Lipinski definition) is 4. The van der Waals surface area contributed by atoms with Crippen LogP contribution in [0.25, 0.3) is 0 Å². The average molecular weight is 523 g/mol. The number of carbonyl (C=O) groups excluding carboxylic acids is 3. The Bertz CT molecular complexity index is 1090. The minimum Gasteiger partial charge on any atom is -0.346 e. The summed E-state index contributed by atoms with van der Waals surface area (Å²) in [5.41, 5.74) is 3.75. The second-order valence-corrected chi connectivity index (χ2v) is 9.76. The van der Waals surface area contributed by atoms with E-state index in [-0.39, 0.29) is 29.8 Å². The van der Waals surface area contributed by atoms with Crippen LogP contribution >= 0.6 is 0 Å². The largest absolute Gasteiger partial charge is 0.346 e. The molecule has 0 aromatic heterocycles. The molecule has 3 rings (SSSR count). The summed E-state index contributed by atoms with van der Waals surface area (Å²) in [4.78, 5) is 40.0. The lowest BCUT2D eigenvalue weighted by molar-refractivity contribution is -0.135. The van der Waals surface area contributed by atoms with Crippen LogP contribution in [0.2, 0.25) is 0 Å². The molecule has 1 atom stereocenters. The van der Waals surface area contributed by atoms with Gasteiger partial charge in [-0.15, -0.1) is 0 Å². The molecular weight excluding hydrogens is 483 g/mol. The second kappa shape index (κ2) is 15.6. The van der Waals surface area contributed by atoms with E-state index in [2.05, 4.69) is 22.8 Å². The number of unbranched alkanes of at least 4 members (excludes halogenated alkanes) is 5. The highest BCUT2D eigenvalue weighted by atomic mass is 19.1. The number of rotatable bonds is 13. The molecule has 1 fully saturated rings. The van der Waals surface area contributed by atoms with Gasteiger partial charge in [-0.3, -0.25) is 14.4 Å². The molecule has 0 radical (unpaired) electrons. The fraction of sp³-hybridized carbons (Fsp3) is 0.467. The third-order valence-electron chi connectivity index (χ3n) is 6.83. The van der Waals surface area contributed by atoms with Crippen molar-refractivity contribution in [2.75, 3.05) is 19.6 Å². The molecule has 38 heavy (non-hydrogen) atoms. The molecule has 1 aliphatic heterocycles. The Morgan fingerprint density at radius 1 is 0.974 bits per heavy atom. The predicted octanol–water partition coefficient (Wildman–Crippen LogP) is 5.07. The molecule has 0 aliphatic carbocycles. The average Bonchev–Trinajstić information content (AvgIpc) is 2.95. The SMILES string of the molecule is CCCCCCCCC(=O)N1CCC[C@H](C(=O)N/N=C(\CNC(=O)c2ccccc2F)c2ccccc2)C1. The zero-order chi connectivity index (χ0) is 27.2. The molecule has 3 amide bonds. The van der Waals surface area contributed by atoms with Crippen molar-refractivity contribution in [2.24, 2.45) is 11.0 Å². The first-order valence-electron chi connectivity index (χ1n) is 13.7. The first-order chi connectivity index (χ1) is 18.5. The Balaban J connectivity index is 1.56. The number of benzene rings is 2. The standard InChI is InChI=1S/C30H39FN4O3/c1-2-3-4-5-6-10-19-28(36)35-20-13-16-24(22-35)29(37)34-33-27(23-14-8-7-9-15-23)21-32-30(38)25-17-11-12-18-26(25)31/h7-9,11-12,14-15,17-18,24H,2-6,10,13,16,19-22H2,1H3,(H,32,38)(H,34,37)/b33-27+/t24-/m0/s1. The van der Waals surface area contributed by atoms with Crippen molar-refractivity contribution in [1.82, 2.24) is 15.6 Å². The van der Waals surface area contributed by atoms with Crippen LogP contribution < -0.4 is 10.7 Å². The molecule has 2 aromatic rings. The highest BCUT2D eigenvalue weighted by Gasteiger charge is 2.28. The summed E-state index contributed by atoms with van der Waals surface area (Å²) in [5.74, 6) is -1.65. The van der Waals surface area contributed by atoms with E-state index in [9.17, 15) is 18.8 Å². The maximum Gasteiger partial charge on any atom is 0.254 e.